The molecule has 5 atom stereocenters. The van der Waals surface area contributed by atoms with Crippen molar-refractivity contribution in [1.29, 1.82) is 0 Å². The van der Waals surface area contributed by atoms with Gasteiger partial charge in [-0.1, -0.05) is 18.2 Å². The minimum atomic E-state index is -1.23. The highest BCUT2D eigenvalue weighted by Crippen LogP contribution is 2.32. The fourth-order valence-electron chi connectivity index (χ4n) is 5.74. The summed E-state index contributed by atoms with van der Waals surface area (Å²) in [6, 6.07) is 13.4. The lowest BCUT2D eigenvalue weighted by Gasteiger charge is -2.38. The van der Waals surface area contributed by atoms with Crippen LogP contribution in [0.1, 0.15) is 26.7 Å². The Kier molecular flexibility index (Phi) is 11.6. The quantitative estimate of drug-likeness (QED) is 0.291. The molecule has 2 aromatic rings. The monoisotopic (exact) mass is 630 g/mol. The maximum atomic E-state index is 14.2. The van der Waals surface area contributed by atoms with E-state index in [-0.39, 0.29) is 37.9 Å². The van der Waals surface area contributed by atoms with E-state index in [1.165, 1.54) is 17.0 Å². The van der Waals surface area contributed by atoms with Crippen LogP contribution < -0.4 is 19.9 Å². The van der Waals surface area contributed by atoms with Crippen LogP contribution in [0.2, 0.25) is 0 Å². The van der Waals surface area contributed by atoms with Gasteiger partial charge in [0.2, 0.25) is 5.91 Å². The Balaban J connectivity index is 1.43. The minimum Gasteiger partial charge on any atom is -0.489 e. The van der Waals surface area contributed by atoms with Crippen molar-refractivity contribution in [3.63, 3.8) is 0 Å². The first-order valence-electron chi connectivity index (χ1n) is 15.2. The first-order chi connectivity index (χ1) is 21.4. The second-order valence-corrected chi connectivity index (χ2v) is 11.9. The van der Waals surface area contributed by atoms with Crippen molar-refractivity contribution < 1.29 is 43.6 Å². The maximum Gasteiger partial charge on any atom is 0.414 e. The number of aliphatic carboxylic acids is 1. The number of aliphatic hydroxyl groups excluding tert-OH is 2. The Morgan fingerprint density at radius 1 is 1.00 bits per heavy atom. The number of anilines is 2. The number of hydrogen-bond donors (Lipinski definition) is 4. The number of nitrogens with zero attached hydrogens (tertiary/aromatic N) is 3. The molecule has 0 bridgehead atoms. The van der Waals surface area contributed by atoms with Crippen LogP contribution in [-0.4, -0.2) is 109 Å². The van der Waals surface area contributed by atoms with Gasteiger partial charge in [-0.25, -0.2) is 9.18 Å². The molecule has 2 aromatic carbocycles. The zero-order valence-corrected chi connectivity index (χ0v) is 25.8. The number of carboxylic acid groups (broad SMARTS) is 1. The van der Waals surface area contributed by atoms with Crippen LogP contribution in [0.15, 0.2) is 48.5 Å². The molecule has 1 aliphatic carbocycles. The van der Waals surface area contributed by atoms with Crippen molar-refractivity contribution in [2.45, 2.75) is 51.1 Å². The molecule has 5 unspecified atom stereocenters. The lowest BCUT2D eigenvalue weighted by atomic mass is 9.76. The molecule has 1 saturated heterocycles. The average molecular weight is 631 g/mol. The fourth-order valence-corrected chi connectivity index (χ4v) is 5.74. The molecule has 0 aromatic heterocycles. The molecular weight excluding hydrogens is 587 g/mol. The van der Waals surface area contributed by atoms with Gasteiger partial charge in [-0.3, -0.25) is 19.4 Å². The standard InChI is InChI=1S/C32H43FN4O8/c1-20(2)44-29-10-9-21(33)15-26(29)37-13-11-36(12-14-37)19-23(45-32(43)35(3)22-7-5-4-6-8-22)18-34-30(40)24-16-27(38)28(39)17-25(24)31(41)42/h4-10,15,20,23-25,27-28,38-39H,11-14,16-19H2,1-3H3,(H,34,40)(H,41,42). The van der Waals surface area contributed by atoms with Crippen molar-refractivity contribution in [3.8, 4) is 5.75 Å². The summed E-state index contributed by atoms with van der Waals surface area (Å²) in [7, 11) is 1.58. The molecule has 1 saturated carbocycles. The highest BCUT2D eigenvalue weighted by Gasteiger charge is 2.43. The molecule has 2 aliphatic rings. The largest absolute Gasteiger partial charge is 0.489 e. The molecule has 2 fully saturated rings. The van der Waals surface area contributed by atoms with E-state index >= 15 is 0 Å². The Morgan fingerprint density at radius 3 is 2.27 bits per heavy atom. The number of carbonyl (C=O) groups excluding carboxylic acids is 2. The number of ether oxygens (including phenoxy) is 2. The van der Waals surface area contributed by atoms with Gasteiger partial charge in [0.15, 0.2) is 0 Å². The number of piperazine rings is 1. The molecule has 1 heterocycles. The number of carboxylic acids is 1. The number of carbonyl (C=O) groups is 3. The molecule has 1 aliphatic heterocycles. The number of halogens is 1. The number of hydrogen-bond acceptors (Lipinski definition) is 9. The molecule has 12 nitrogen and oxygen atoms in total. The van der Waals surface area contributed by atoms with Gasteiger partial charge in [-0.15, -0.1) is 0 Å². The van der Waals surface area contributed by atoms with E-state index in [2.05, 4.69) is 10.2 Å². The van der Waals surface area contributed by atoms with Crippen molar-refractivity contribution >= 4 is 29.3 Å². The van der Waals surface area contributed by atoms with Crippen LogP contribution in [-0.2, 0) is 14.3 Å². The van der Waals surface area contributed by atoms with Gasteiger partial charge in [0.25, 0.3) is 0 Å². The van der Waals surface area contributed by atoms with Gasteiger partial charge in [-0.2, -0.15) is 0 Å². The maximum absolute atomic E-state index is 14.2. The van der Waals surface area contributed by atoms with Crippen molar-refractivity contribution in [1.82, 2.24) is 10.2 Å². The third-order valence-electron chi connectivity index (χ3n) is 8.22. The SMILES string of the molecule is CC(C)Oc1ccc(F)cc1N1CCN(CC(CNC(=O)C2CC(O)C(O)CC2C(=O)O)OC(=O)N(C)c2ccccc2)CC1. The minimum absolute atomic E-state index is 0.0807. The highest BCUT2D eigenvalue weighted by atomic mass is 19.1. The van der Waals surface area contributed by atoms with Gasteiger partial charge >= 0.3 is 12.1 Å². The summed E-state index contributed by atoms with van der Waals surface area (Å²) >= 11 is 0. The highest BCUT2D eigenvalue weighted by molar-refractivity contribution is 5.87. The molecule has 13 heteroatoms. The first-order valence-corrected chi connectivity index (χ1v) is 15.2. The second kappa shape index (κ2) is 15.4. The smallest absolute Gasteiger partial charge is 0.414 e. The predicted molar refractivity (Wildman–Crippen MR) is 165 cm³/mol. The van der Waals surface area contributed by atoms with Crippen LogP contribution in [0, 0.1) is 17.7 Å². The first kappa shape index (κ1) is 33.9. The molecular formula is C32H43FN4O8. The third kappa shape index (κ3) is 9.05. The number of amides is 2. The summed E-state index contributed by atoms with van der Waals surface area (Å²) in [6.07, 6.45) is -4.39. The summed E-state index contributed by atoms with van der Waals surface area (Å²) < 4.78 is 25.9. The molecule has 45 heavy (non-hydrogen) atoms. The number of rotatable bonds is 11. The number of para-hydroxylation sites is 1. The Morgan fingerprint density at radius 2 is 1.64 bits per heavy atom. The number of nitrogens with one attached hydrogen (secondary N) is 1. The number of aliphatic hydroxyl groups is 2. The van der Waals surface area contributed by atoms with Crippen LogP contribution in [0.5, 0.6) is 5.75 Å². The zero-order chi connectivity index (χ0) is 32.7. The fraction of sp³-hybridized carbons (Fsp3) is 0.531. The van der Waals surface area contributed by atoms with Crippen LogP contribution >= 0.6 is 0 Å². The van der Waals surface area contributed by atoms with Crippen molar-refractivity contribution in [3.05, 3.63) is 54.3 Å². The lowest BCUT2D eigenvalue weighted by molar-refractivity contribution is -0.155. The summed E-state index contributed by atoms with van der Waals surface area (Å²) in [6.45, 7) is 6.21. The van der Waals surface area contributed by atoms with E-state index in [1.54, 1.807) is 37.4 Å². The summed E-state index contributed by atoms with van der Waals surface area (Å²) in [5.41, 5.74) is 1.28. The van der Waals surface area contributed by atoms with E-state index in [0.29, 0.717) is 43.3 Å². The van der Waals surface area contributed by atoms with Crippen LogP contribution in [0.4, 0.5) is 20.6 Å². The topological polar surface area (TPSA) is 152 Å². The van der Waals surface area contributed by atoms with E-state index < -0.39 is 48.1 Å². The summed E-state index contributed by atoms with van der Waals surface area (Å²) in [4.78, 5) is 43.6. The molecule has 4 rings (SSSR count). The van der Waals surface area contributed by atoms with Crippen LogP contribution in [0.3, 0.4) is 0 Å². The molecule has 0 spiro atoms. The average Bonchev–Trinajstić information content (AvgIpc) is 3.01. The third-order valence-corrected chi connectivity index (χ3v) is 8.22. The van der Waals surface area contributed by atoms with Gasteiger partial charge in [0.1, 0.15) is 17.7 Å². The van der Waals surface area contributed by atoms with Crippen LogP contribution in [0.25, 0.3) is 0 Å². The number of benzene rings is 2. The van der Waals surface area contributed by atoms with Gasteiger partial charge in [0.05, 0.1) is 42.4 Å². The summed E-state index contributed by atoms with van der Waals surface area (Å²) in [5, 5.41) is 32.4. The van der Waals surface area contributed by atoms with Gasteiger partial charge in [0, 0.05) is 51.5 Å². The van der Waals surface area contributed by atoms with E-state index in [4.69, 9.17) is 9.47 Å². The zero-order valence-electron chi connectivity index (χ0n) is 25.8. The van der Waals surface area contributed by atoms with Gasteiger partial charge in [-0.05, 0) is 51.0 Å². The molecule has 4 N–H and O–H groups in total. The Bertz CT molecular complexity index is 1310. The second-order valence-electron chi connectivity index (χ2n) is 11.9. The predicted octanol–water partition coefficient (Wildman–Crippen LogP) is 2.33. The van der Waals surface area contributed by atoms with Crippen molar-refractivity contribution in [2.24, 2.45) is 11.8 Å². The normalized spacial score (nSPS) is 22.9. The van der Waals surface area contributed by atoms with Crippen molar-refractivity contribution in [2.75, 3.05) is 56.1 Å². The van der Waals surface area contributed by atoms with E-state index in [9.17, 15) is 34.1 Å². The summed E-state index contributed by atoms with van der Waals surface area (Å²) in [5.74, 6) is -3.81. The molecule has 246 valence electrons. The Labute approximate surface area is 262 Å². The van der Waals surface area contributed by atoms with Gasteiger partial charge < -0.3 is 35.0 Å². The molecule has 0 radical (unpaired) electrons. The van der Waals surface area contributed by atoms with E-state index in [0.717, 1.165) is 0 Å². The van der Waals surface area contributed by atoms with E-state index in [1.807, 2.05) is 24.8 Å². The lowest BCUT2D eigenvalue weighted by Crippen LogP contribution is -2.53. The molecule has 2 amide bonds. The Hall–Kier alpha value is -3.94.